The van der Waals surface area contributed by atoms with Crippen molar-refractivity contribution in [2.75, 3.05) is 5.32 Å². The minimum absolute atomic E-state index is 0.0440. The van der Waals surface area contributed by atoms with Crippen molar-refractivity contribution >= 4 is 56.1 Å². The van der Waals surface area contributed by atoms with Crippen LogP contribution in [0.1, 0.15) is 16.8 Å². The summed E-state index contributed by atoms with van der Waals surface area (Å²) in [5, 5.41) is 14.2. The Bertz CT molecular complexity index is 1380. The van der Waals surface area contributed by atoms with Gasteiger partial charge in [-0.25, -0.2) is 0 Å². The Morgan fingerprint density at radius 2 is 1.88 bits per heavy atom. The molecule has 3 aromatic carbocycles. The minimum Gasteiger partial charge on any atom is -0.340 e. The van der Waals surface area contributed by atoms with E-state index in [-0.39, 0.29) is 5.57 Å². The van der Waals surface area contributed by atoms with Crippen molar-refractivity contribution in [1.29, 1.82) is 5.26 Å². The lowest BCUT2D eigenvalue weighted by molar-refractivity contribution is -0.112. The van der Waals surface area contributed by atoms with Crippen LogP contribution in [0.2, 0.25) is 5.02 Å². The lowest BCUT2D eigenvalue weighted by atomic mass is 10.1. The Kier molecular flexibility index (Phi) is 6.45. The third kappa shape index (κ3) is 4.62. The first-order valence-corrected chi connectivity index (χ1v) is 11.1. The quantitative estimate of drug-likeness (QED) is 0.236. The molecule has 158 valence electrons. The zero-order chi connectivity index (χ0) is 22.7. The fourth-order valence-corrected chi connectivity index (χ4v) is 4.20. The molecule has 1 aromatic heterocycles. The molecule has 4 aromatic rings. The van der Waals surface area contributed by atoms with E-state index in [1.165, 1.54) is 0 Å². The Hall–Kier alpha value is -3.33. The van der Waals surface area contributed by atoms with Crippen molar-refractivity contribution in [3.8, 4) is 6.07 Å². The van der Waals surface area contributed by atoms with Crippen LogP contribution in [-0.4, -0.2) is 10.5 Å². The fourth-order valence-electron chi connectivity index (χ4n) is 3.67. The number of anilines is 1. The van der Waals surface area contributed by atoms with E-state index < -0.39 is 5.91 Å². The van der Waals surface area contributed by atoms with E-state index in [1.807, 2.05) is 67.6 Å². The van der Waals surface area contributed by atoms with Crippen LogP contribution in [-0.2, 0) is 11.3 Å². The number of amides is 1. The zero-order valence-corrected chi connectivity index (χ0v) is 19.6. The Morgan fingerprint density at radius 3 is 2.59 bits per heavy atom. The second kappa shape index (κ2) is 9.44. The molecule has 1 heterocycles. The monoisotopic (exact) mass is 503 g/mol. The highest BCUT2D eigenvalue weighted by Gasteiger charge is 2.16. The Morgan fingerprint density at radius 1 is 1.12 bits per heavy atom. The van der Waals surface area contributed by atoms with Gasteiger partial charge in [0.05, 0.1) is 0 Å². The van der Waals surface area contributed by atoms with E-state index >= 15 is 0 Å². The standard InChI is InChI=1S/C26H19BrClN3O/c1-17-24(13-19(15-29)26(32)30-22-6-4-5-20(27)14-22)23-7-2-3-8-25(23)31(17)16-18-9-11-21(28)12-10-18/h2-14H,16H2,1H3,(H,30,32)/b19-13-. The molecular formula is C26H19BrClN3O. The highest BCUT2D eigenvalue weighted by Crippen LogP contribution is 2.29. The molecule has 0 radical (unpaired) electrons. The van der Waals surface area contributed by atoms with Gasteiger partial charge in [-0.2, -0.15) is 5.26 Å². The first-order chi connectivity index (χ1) is 15.5. The molecule has 1 N–H and O–H groups in total. The van der Waals surface area contributed by atoms with E-state index in [1.54, 1.807) is 18.2 Å². The summed E-state index contributed by atoms with van der Waals surface area (Å²) in [6.07, 6.45) is 1.67. The summed E-state index contributed by atoms with van der Waals surface area (Å²) in [5.41, 5.74) is 4.65. The molecule has 0 bridgehead atoms. The van der Waals surface area contributed by atoms with Crippen molar-refractivity contribution in [2.24, 2.45) is 0 Å². The number of hydrogen-bond donors (Lipinski definition) is 1. The Balaban J connectivity index is 1.73. The summed E-state index contributed by atoms with van der Waals surface area (Å²) in [5.74, 6) is -0.445. The molecule has 0 unspecified atom stereocenters. The molecule has 0 atom stereocenters. The number of para-hydroxylation sites is 1. The third-order valence-electron chi connectivity index (χ3n) is 5.27. The molecule has 0 spiro atoms. The van der Waals surface area contributed by atoms with Crippen LogP contribution >= 0.6 is 27.5 Å². The van der Waals surface area contributed by atoms with Gasteiger partial charge in [-0.05, 0) is 55.0 Å². The molecule has 4 nitrogen and oxygen atoms in total. The van der Waals surface area contributed by atoms with Gasteiger partial charge < -0.3 is 9.88 Å². The van der Waals surface area contributed by atoms with Gasteiger partial charge in [0.15, 0.2) is 0 Å². The topological polar surface area (TPSA) is 57.8 Å². The van der Waals surface area contributed by atoms with Crippen LogP contribution in [0.4, 0.5) is 5.69 Å². The third-order valence-corrected chi connectivity index (χ3v) is 6.02. The molecule has 0 saturated carbocycles. The maximum Gasteiger partial charge on any atom is 0.266 e. The van der Waals surface area contributed by atoms with E-state index in [9.17, 15) is 10.1 Å². The largest absolute Gasteiger partial charge is 0.340 e. The molecule has 0 saturated heterocycles. The SMILES string of the molecule is Cc1c(/C=C(/C#N)C(=O)Nc2cccc(Br)c2)c2ccccc2n1Cc1ccc(Cl)cc1. The van der Waals surface area contributed by atoms with Crippen LogP contribution in [0, 0.1) is 18.3 Å². The van der Waals surface area contributed by atoms with Gasteiger partial charge in [0, 0.05) is 43.9 Å². The van der Waals surface area contributed by atoms with Crippen LogP contribution in [0.15, 0.2) is 82.8 Å². The number of carbonyl (C=O) groups excluding carboxylic acids is 1. The van der Waals surface area contributed by atoms with Gasteiger partial charge in [0.2, 0.25) is 0 Å². The van der Waals surface area contributed by atoms with Crippen LogP contribution in [0.25, 0.3) is 17.0 Å². The highest BCUT2D eigenvalue weighted by atomic mass is 79.9. The minimum atomic E-state index is -0.445. The van der Waals surface area contributed by atoms with Gasteiger partial charge in [-0.1, -0.05) is 63.9 Å². The predicted molar refractivity (Wildman–Crippen MR) is 134 cm³/mol. The number of nitrogens with one attached hydrogen (secondary N) is 1. The summed E-state index contributed by atoms with van der Waals surface area (Å²) in [6, 6.07) is 25.1. The maximum absolute atomic E-state index is 12.8. The normalized spacial score (nSPS) is 11.4. The van der Waals surface area contributed by atoms with Gasteiger partial charge >= 0.3 is 0 Å². The molecule has 0 aliphatic rings. The maximum atomic E-state index is 12.8. The van der Waals surface area contributed by atoms with Gasteiger partial charge in [0.1, 0.15) is 11.6 Å². The van der Waals surface area contributed by atoms with Crippen molar-refractivity contribution in [2.45, 2.75) is 13.5 Å². The number of benzene rings is 3. The molecular weight excluding hydrogens is 486 g/mol. The number of rotatable bonds is 5. The van der Waals surface area contributed by atoms with Crippen molar-refractivity contribution in [1.82, 2.24) is 4.57 Å². The van der Waals surface area contributed by atoms with Gasteiger partial charge in [-0.3, -0.25) is 4.79 Å². The van der Waals surface area contributed by atoms with Crippen LogP contribution < -0.4 is 5.32 Å². The van der Waals surface area contributed by atoms with Crippen LogP contribution in [0.3, 0.4) is 0 Å². The number of nitrogens with zero attached hydrogens (tertiary/aromatic N) is 2. The molecule has 0 aliphatic heterocycles. The first kappa shape index (κ1) is 21.9. The second-order valence-corrected chi connectivity index (χ2v) is 8.72. The summed E-state index contributed by atoms with van der Waals surface area (Å²) >= 11 is 9.42. The number of carbonyl (C=O) groups is 1. The number of hydrogen-bond acceptors (Lipinski definition) is 2. The van der Waals surface area contributed by atoms with Crippen molar-refractivity contribution in [3.63, 3.8) is 0 Å². The number of aromatic nitrogens is 1. The zero-order valence-electron chi connectivity index (χ0n) is 17.3. The number of fused-ring (bicyclic) bond motifs is 1. The lowest BCUT2D eigenvalue weighted by Gasteiger charge is -2.09. The van der Waals surface area contributed by atoms with Gasteiger partial charge in [0.25, 0.3) is 5.91 Å². The van der Waals surface area contributed by atoms with Crippen LogP contribution in [0.5, 0.6) is 0 Å². The average molecular weight is 505 g/mol. The lowest BCUT2D eigenvalue weighted by Crippen LogP contribution is -2.13. The smallest absolute Gasteiger partial charge is 0.266 e. The summed E-state index contributed by atoms with van der Waals surface area (Å²) in [6.45, 7) is 2.66. The Labute approximate surface area is 199 Å². The number of halogens is 2. The van der Waals surface area contributed by atoms with E-state index in [2.05, 4.69) is 31.9 Å². The molecule has 0 fully saturated rings. The molecule has 0 aliphatic carbocycles. The number of nitriles is 1. The first-order valence-electron chi connectivity index (χ1n) is 9.97. The molecule has 6 heteroatoms. The predicted octanol–water partition coefficient (Wildman–Crippen LogP) is 6.96. The second-order valence-electron chi connectivity index (χ2n) is 7.36. The highest BCUT2D eigenvalue weighted by molar-refractivity contribution is 9.10. The van der Waals surface area contributed by atoms with Crippen molar-refractivity contribution in [3.05, 3.63) is 105 Å². The summed E-state index contributed by atoms with van der Waals surface area (Å²) in [4.78, 5) is 12.8. The summed E-state index contributed by atoms with van der Waals surface area (Å²) in [7, 11) is 0. The van der Waals surface area contributed by atoms with E-state index in [0.29, 0.717) is 17.3 Å². The van der Waals surface area contributed by atoms with E-state index in [0.717, 1.165) is 32.2 Å². The molecule has 1 amide bonds. The fraction of sp³-hybridized carbons (Fsp3) is 0.0769. The summed E-state index contributed by atoms with van der Waals surface area (Å²) < 4.78 is 3.03. The van der Waals surface area contributed by atoms with Crippen molar-refractivity contribution < 1.29 is 4.79 Å². The molecule has 32 heavy (non-hydrogen) atoms. The van der Waals surface area contributed by atoms with Gasteiger partial charge in [-0.15, -0.1) is 0 Å². The average Bonchev–Trinajstić information content (AvgIpc) is 3.04. The molecule has 4 rings (SSSR count). The van der Waals surface area contributed by atoms with E-state index in [4.69, 9.17) is 11.6 Å².